The maximum Gasteiger partial charge on any atom is 0.410 e. The first-order valence-corrected chi connectivity index (χ1v) is 18.6. The lowest BCUT2D eigenvalue weighted by Gasteiger charge is -2.30. The number of carbonyl (C=O) groups excluding carboxylic acids is 3. The molecule has 0 spiro atoms. The number of alkyl carbamates (subject to hydrolysis) is 1. The summed E-state index contributed by atoms with van der Waals surface area (Å²) in [5, 5.41) is 2.68. The zero-order valence-electron chi connectivity index (χ0n) is 32.4. The Morgan fingerprint density at radius 3 is 1.80 bits per heavy atom. The lowest BCUT2D eigenvalue weighted by molar-refractivity contribution is -0.135. The fraction of sp³-hybridized carbons (Fsp3) is 0.475. The summed E-state index contributed by atoms with van der Waals surface area (Å²) < 4.78 is 23.1. The number of ether oxygens (including phenoxy) is 4. The second kappa shape index (κ2) is 15.8. The van der Waals surface area contributed by atoms with Gasteiger partial charge in [0.1, 0.15) is 48.0 Å². The van der Waals surface area contributed by atoms with Crippen LogP contribution in [0.4, 0.5) is 9.59 Å². The molecule has 3 N–H and O–H groups in total. The zero-order chi connectivity index (χ0) is 38.7. The summed E-state index contributed by atoms with van der Waals surface area (Å²) in [5.74, 6) is 2.50. The van der Waals surface area contributed by atoms with Gasteiger partial charge in [0.2, 0.25) is 5.91 Å². The lowest BCUT2D eigenvalue weighted by Crippen LogP contribution is -2.51. The average Bonchev–Trinajstić information content (AvgIpc) is 3.81. The normalized spacial score (nSPS) is 13.4. The molecule has 54 heavy (non-hydrogen) atoms. The Hall–Kier alpha value is -5.53. The van der Waals surface area contributed by atoms with Crippen LogP contribution in [0.2, 0.25) is 0 Å². The topological polar surface area (TPSA) is 164 Å². The molecule has 2 aliphatic heterocycles. The van der Waals surface area contributed by atoms with Crippen LogP contribution >= 0.6 is 0 Å². The minimum absolute atomic E-state index is 0.132. The van der Waals surface area contributed by atoms with Crippen LogP contribution in [-0.4, -0.2) is 79.7 Å². The fourth-order valence-electron chi connectivity index (χ4n) is 6.80. The van der Waals surface area contributed by atoms with Gasteiger partial charge in [-0.2, -0.15) is 0 Å². The standard InChI is InChI=1S/C40H51N7O7/c1-9-11-46(37(48)36(23(3)4)45-38(49)51-8)19-32-41-17-28(43-32)24-13-26-21-53-31-16-25(14-27-22-52-30(15-24)34(26)35(27)31)29-18-42-33(44-29)20-47(12-10-2)39(50)54-40(5,6)7/h13-18,23,36H,9-12,19-22H2,1-8H3,(H,41,43)(H,42,44)(H,45,49). The quantitative estimate of drug-likeness (QED) is 0.129. The number of H-pyrrole nitrogens is 2. The van der Waals surface area contributed by atoms with Crippen LogP contribution in [-0.2, 0) is 40.6 Å². The molecule has 2 aliphatic rings. The molecule has 6 rings (SSSR count). The average molecular weight is 742 g/mol. The molecule has 0 bridgehead atoms. The van der Waals surface area contributed by atoms with Gasteiger partial charge in [0, 0.05) is 46.5 Å². The van der Waals surface area contributed by atoms with Gasteiger partial charge in [-0.25, -0.2) is 19.6 Å². The van der Waals surface area contributed by atoms with Crippen molar-refractivity contribution in [3.8, 4) is 45.1 Å². The molecule has 2 aromatic heterocycles. The predicted molar refractivity (Wildman–Crippen MR) is 203 cm³/mol. The number of nitrogens with one attached hydrogen (secondary N) is 3. The summed E-state index contributed by atoms with van der Waals surface area (Å²) in [6, 6.07) is 7.49. The molecule has 3 amide bonds. The molecular weight excluding hydrogens is 690 g/mol. The molecule has 1 atom stereocenters. The number of aromatic amines is 2. The van der Waals surface area contributed by atoms with Gasteiger partial charge >= 0.3 is 12.2 Å². The number of nitrogens with zero attached hydrogens (tertiary/aromatic N) is 4. The number of carbonyl (C=O) groups is 3. The molecule has 0 fully saturated rings. The van der Waals surface area contributed by atoms with Crippen molar-refractivity contribution in [1.82, 2.24) is 35.1 Å². The molecule has 1 unspecified atom stereocenters. The highest BCUT2D eigenvalue weighted by atomic mass is 16.6. The second-order valence-corrected chi connectivity index (χ2v) is 15.1. The van der Waals surface area contributed by atoms with Crippen LogP contribution in [0.3, 0.4) is 0 Å². The van der Waals surface area contributed by atoms with Gasteiger partial charge in [-0.1, -0.05) is 27.7 Å². The summed E-state index contributed by atoms with van der Waals surface area (Å²) in [6.45, 7) is 15.7. The van der Waals surface area contributed by atoms with E-state index >= 15 is 0 Å². The molecule has 0 saturated heterocycles. The van der Waals surface area contributed by atoms with Crippen LogP contribution in [0, 0.1) is 5.92 Å². The van der Waals surface area contributed by atoms with Crippen LogP contribution < -0.4 is 14.8 Å². The Bertz CT molecular complexity index is 1960. The lowest BCUT2D eigenvalue weighted by atomic mass is 9.87. The van der Waals surface area contributed by atoms with Crippen molar-refractivity contribution in [2.75, 3.05) is 20.2 Å². The minimum Gasteiger partial charge on any atom is -0.488 e. The Morgan fingerprint density at radius 2 is 1.33 bits per heavy atom. The van der Waals surface area contributed by atoms with E-state index < -0.39 is 17.7 Å². The summed E-state index contributed by atoms with van der Waals surface area (Å²) in [7, 11) is 1.28. The van der Waals surface area contributed by atoms with Gasteiger partial charge in [0.25, 0.3) is 0 Å². The molecule has 0 aliphatic carbocycles. The van der Waals surface area contributed by atoms with Gasteiger partial charge < -0.3 is 44.0 Å². The number of rotatable bonds is 13. The third-order valence-electron chi connectivity index (χ3n) is 9.29. The Balaban J connectivity index is 1.21. The SMILES string of the molecule is CCCN(Cc1ncc(-c2cc3c4c(c2)OCc2cc(-c5cnc(CN(CCC)C(=O)C(NC(=O)OC)C(C)C)[nH]5)cc(c2-4)OC3)[nH]1)C(=O)OC(C)(C)C. The van der Waals surface area contributed by atoms with E-state index in [-0.39, 0.29) is 24.5 Å². The van der Waals surface area contributed by atoms with E-state index in [1.54, 1.807) is 22.2 Å². The fourth-order valence-corrected chi connectivity index (χ4v) is 6.80. The van der Waals surface area contributed by atoms with E-state index in [1.165, 1.54) is 7.11 Å². The minimum atomic E-state index is -0.725. The van der Waals surface area contributed by atoms with Crippen molar-refractivity contribution in [3.05, 3.63) is 59.4 Å². The Morgan fingerprint density at radius 1 is 0.833 bits per heavy atom. The van der Waals surface area contributed by atoms with Crippen molar-refractivity contribution in [1.29, 1.82) is 0 Å². The maximum absolute atomic E-state index is 13.5. The first kappa shape index (κ1) is 38.2. The van der Waals surface area contributed by atoms with Crippen LogP contribution in [0.25, 0.3) is 33.6 Å². The molecule has 2 aromatic carbocycles. The van der Waals surface area contributed by atoms with Crippen LogP contribution in [0.1, 0.15) is 84.1 Å². The first-order chi connectivity index (χ1) is 25.8. The van der Waals surface area contributed by atoms with E-state index in [4.69, 9.17) is 18.9 Å². The van der Waals surface area contributed by atoms with Crippen LogP contribution in [0.5, 0.6) is 11.5 Å². The summed E-state index contributed by atoms with van der Waals surface area (Å²) in [6.07, 6.45) is 4.07. The molecule has 4 aromatic rings. The molecule has 14 nitrogen and oxygen atoms in total. The monoisotopic (exact) mass is 741 g/mol. The number of benzene rings is 2. The maximum atomic E-state index is 13.5. The summed E-state index contributed by atoms with van der Waals surface area (Å²) in [4.78, 5) is 57.7. The number of imidazole rings is 2. The van der Waals surface area contributed by atoms with Crippen molar-refractivity contribution < 1.29 is 33.3 Å². The highest BCUT2D eigenvalue weighted by molar-refractivity contribution is 5.88. The number of hydrogen-bond donors (Lipinski definition) is 3. The van der Waals surface area contributed by atoms with Gasteiger partial charge in [-0.05, 0) is 63.8 Å². The third-order valence-corrected chi connectivity index (χ3v) is 9.29. The zero-order valence-corrected chi connectivity index (χ0v) is 32.4. The predicted octanol–water partition coefficient (Wildman–Crippen LogP) is 7.18. The molecule has 14 heteroatoms. The highest BCUT2D eigenvalue weighted by Gasteiger charge is 2.32. The van der Waals surface area contributed by atoms with Crippen molar-refractivity contribution in [2.24, 2.45) is 5.92 Å². The van der Waals surface area contributed by atoms with E-state index in [1.807, 2.05) is 60.6 Å². The summed E-state index contributed by atoms with van der Waals surface area (Å²) in [5.41, 5.74) is 6.86. The van der Waals surface area contributed by atoms with Gasteiger partial charge in [-0.3, -0.25) is 4.79 Å². The smallest absolute Gasteiger partial charge is 0.410 e. The molecule has 0 saturated carbocycles. The Labute approximate surface area is 315 Å². The van der Waals surface area contributed by atoms with Gasteiger partial charge in [0.15, 0.2) is 0 Å². The van der Waals surface area contributed by atoms with Crippen molar-refractivity contribution in [2.45, 2.75) is 99.3 Å². The second-order valence-electron chi connectivity index (χ2n) is 15.1. The molecule has 288 valence electrons. The van der Waals surface area contributed by atoms with Crippen molar-refractivity contribution >= 4 is 18.1 Å². The van der Waals surface area contributed by atoms with E-state index in [2.05, 4.69) is 37.4 Å². The molecule has 0 radical (unpaired) electrons. The Kier molecular flexibility index (Phi) is 11.2. The molecule has 4 heterocycles. The van der Waals surface area contributed by atoms with Crippen molar-refractivity contribution in [3.63, 3.8) is 0 Å². The van der Waals surface area contributed by atoms with Gasteiger partial charge in [0.05, 0.1) is 44.0 Å². The number of methoxy groups -OCH3 is 1. The van der Waals surface area contributed by atoms with Crippen LogP contribution in [0.15, 0.2) is 36.7 Å². The van der Waals surface area contributed by atoms with Gasteiger partial charge in [-0.15, -0.1) is 0 Å². The highest BCUT2D eigenvalue weighted by Crippen LogP contribution is 2.50. The number of amides is 3. The third kappa shape index (κ3) is 8.32. The number of aromatic nitrogens is 4. The number of hydrogen-bond acceptors (Lipinski definition) is 9. The summed E-state index contributed by atoms with van der Waals surface area (Å²) >= 11 is 0. The van der Waals surface area contributed by atoms with E-state index in [0.29, 0.717) is 44.5 Å². The molecular formula is C40H51N7O7. The van der Waals surface area contributed by atoms with E-state index in [9.17, 15) is 14.4 Å². The largest absolute Gasteiger partial charge is 0.488 e. The first-order valence-electron chi connectivity index (χ1n) is 18.6. The van der Waals surface area contributed by atoms with E-state index in [0.717, 1.165) is 69.1 Å².